The van der Waals surface area contributed by atoms with Crippen LogP contribution in [0, 0.1) is 3.57 Å². The second-order valence-corrected chi connectivity index (χ2v) is 9.27. The van der Waals surface area contributed by atoms with Gasteiger partial charge in [0.1, 0.15) is 5.69 Å². The van der Waals surface area contributed by atoms with E-state index in [2.05, 4.69) is 22.6 Å². The molecule has 0 aliphatic heterocycles. The van der Waals surface area contributed by atoms with Gasteiger partial charge in [-0.05, 0) is 52.4 Å². The summed E-state index contributed by atoms with van der Waals surface area (Å²) in [6, 6.07) is 24.2. The van der Waals surface area contributed by atoms with E-state index >= 15 is 0 Å². The van der Waals surface area contributed by atoms with Crippen LogP contribution in [0.3, 0.4) is 0 Å². The van der Waals surface area contributed by atoms with E-state index in [4.69, 9.17) is 14.5 Å². The number of hydrogen-bond acceptors (Lipinski definition) is 4. The van der Waals surface area contributed by atoms with Gasteiger partial charge in [0.2, 0.25) is 10.0 Å². The largest absolute Gasteiger partial charge is 0.440 e. The topological polar surface area (TPSA) is 86.2 Å². The molecule has 0 amide bonds. The molecule has 0 unspecified atom stereocenters. The number of aromatic nitrogens is 1. The highest BCUT2D eigenvalue weighted by atomic mass is 127. The molecule has 4 aromatic rings. The Morgan fingerprint density at radius 2 is 1.55 bits per heavy atom. The zero-order chi connectivity index (χ0) is 20.4. The zero-order valence-electron chi connectivity index (χ0n) is 15.2. The molecular formula is C22H17IN2O3S. The highest BCUT2D eigenvalue weighted by Gasteiger charge is 2.23. The van der Waals surface area contributed by atoms with E-state index in [1.165, 1.54) is 6.07 Å². The minimum absolute atomic E-state index is 0.00847. The summed E-state index contributed by atoms with van der Waals surface area (Å²) in [6.45, 7) is 0. The van der Waals surface area contributed by atoms with Gasteiger partial charge < -0.3 is 4.42 Å². The summed E-state index contributed by atoms with van der Waals surface area (Å²) in [6.07, 6.45) is 0.494. The van der Waals surface area contributed by atoms with Gasteiger partial charge in [0.25, 0.3) is 0 Å². The summed E-state index contributed by atoms with van der Waals surface area (Å²) in [4.78, 5) is 4.70. The van der Waals surface area contributed by atoms with Gasteiger partial charge in [-0.2, -0.15) is 0 Å². The number of sulfonamides is 1. The van der Waals surface area contributed by atoms with Crippen LogP contribution in [-0.2, 0) is 16.4 Å². The molecule has 0 radical (unpaired) electrons. The summed E-state index contributed by atoms with van der Waals surface area (Å²) in [5.41, 5.74) is 2.87. The third kappa shape index (κ3) is 4.42. The molecule has 0 fully saturated rings. The van der Waals surface area contributed by atoms with Gasteiger partial charge in [-0.25, -0.2) is 18.5 Å². The number of nitrogens with two attached hydrogens (primary N) is 1. The first-order chi connectivity index (χ1) is 13.9. The van der Waals surface area contributed by atoms with Gasteiger partial charge in [0.05, 0.1) is 4.90 Å². The van der Waals surface area contributed by atoms with Crippen LogP contribution in [0.2, 0.25) is 0 Å². The van der Waals surface area contributed by atoms with Crippen LogP contribution in [0.4, 0.5) is 0 Å². The van der Waals surface area contributed by atoms with Crippen LogP contribution >= 0.6 is 22.6 Å². The highest BCUT2D eigenvalue weighted by Crippen LogP contribution is 2.36. The van der Waals surface area contributed by atoms with E-state index < -0.39 is 10.0 Å². The molecule has 5 nitrogen and oxygen atoms in total. The Morgan fingerprint density at radius 3 is 2.24 bits per heavy atom. The predicted octanol–water partition coefficient (Wildman–Crippen LogP) is 4.85. The maximum atomic E-state index is 12.1. The molecule has 1 aromatic heterocycles. The Bertz CT molecular complexity index is 1250. The molecule has 0 aliphatic carbocycles. The smallest absolute Gasteiger partial charge is 0.238 e. The number of benzene rings is 3. The van der Waals surface area contributed by atoms with Crippen molar-refractivity contribution in [3.8, 4) is 22.6 Å². The van der Waals surface area contributed by atoms with Crippen LogP contribution in [0.5, 0.6) is 0 Å². The molecule has 2 N–H and O–H groups in total. The van der Waals surface area contributed by atoms with Crippen LogP contribution in [0.15, 0.2) is 88.2 Å². The van der Waals surface area contributed by atoms with Crippen LogP contribution in [0.1, 0.15) is 11.5 Å². The van der Waals surface area contributed by atoms with Crippen molar-refractivity contribution >= 4 is 32.6 Å². The first kappa shape index (κ1) is 19.8. The van der Waals surface area contributed by atoms with E-state index in [9.17, 15) is 8.42 Å². The Hall–Kier alpha value is -2.49. The maximum Gasteiger partial charge on any atom is 0.238 e. The third-order valence-electron chi connectivity index (χ3n) is 4.43. The van der Waals surface area contributed by atoms with Gasteiger partial charge in [0.15, 0.2) is 11.7 Å². The number of hydrogen-bond donors (Lipinski definition) is 1. The van der Waals surface area contributed by atoms with Gasteiger partial charge >= 0.3 is 0 Å². The molecule has 0 spiro atoms. The third-order valence-corrected chi connectivity index (χ3v) is 6.11. The quantitative estimate of drug-likeness (QED) is 0.385. The second-order valence-electron chi connectivity index (χ2n) is 6.50. The lowest BCUT2D eigenvalue weighted by Crippen LogP contribution is -2.13. The van der Waals surface area contributed by atoms with Crippen molar-refractivity contribution in [1.29, 1.82) is 0 Å². The molecule has 1 heterocycles. The minimum Gasteiger partial charge on any atom is -0.440 e. The van der Waals surface area contributed by atoms with Crippen molar-refractivity contribution in [1.82, 2.24) is 4.98 Å². The lowest BCUT2D eigenvalue weighted by molar-refractivity contribution is 0.518. The van der Waals surface area contributed by atoms with E-state index in [0.29, 0.717) is 29.3 Å². The van der Waals surface area contributed by atoms with Crippen molar-refractivity contribution in [2.24, 2.45) is 5.14 Å². The summed E-state index contributed by atoms with van der Waals surface area (Å²) >= 11 is 2.26. The Labute approximate surface area is 182 Å². The second kappa shape index (κ2) is 8.10. The van der Waals surface area contributed by atoms with Crippen molar-refractivity contribution in [3.63, 3.8) is 0 Å². The number of rotatable bonds is 5. The summed E-state index contributed by atoms with van der Waals surface area (Å²) < 4.78 is 31.5. The van der Waals surface area contributed by atoms with Gasteiger partial charge in [0, 0.05) is 21.1 Å². The standard InChI is InChI=1S/C22H17IN2O3S/c23-17-12-10-15(11-13-17)14-20-25-21(16-6-2-1-3-7-16)22(28-20)18-8-4-5-9-19(18)29(24,26)27/h1-13H,14H2,(H2,24,26,27). The van der Waals surface area contributed by atoms with Gasteiger partial charge in [-0.3, -0.25) is 0 Å². The predicted molar refractivity (Wildman–Crippen MR) is 121 cm³/mol. The van der Waals surface area contributed by atoms with Crippen LogP contribution in [-0.4, -0.2) is 13.4 Å². The fraction of sp³-hybridized carbons (Fsp3) is 0.0455. The monoisotopic (exact) mass is 516 g/mol. The molecule has 0 saturated carbocycles. The first-order valence-electron chi connectivity index (χ1n) is 8.83. The van der Waals surface area contributed by atoms with E-state index in [1.807, 2.05) is 54.6 Å². The highest BCUT2D eigenvalue weighted by molar-refractivity contribution is 14.1. The Kier molecular flexibility index (Phi) is 5.53. The Morgan fingerprint density at radius 1 is 0.897 bits per heavy atom. The molecule has 3 aromatic carbocycles. The minimum atomic E-state index is -3.92. The average molecular weight is 516 g/mol. The summed E-state index contributed by atoms with van der Waals surface area (Å²) in [5.74, 6) is 0.894. The molecular weight excluding hydrogens is 499 g/mol. The first-order valence-corrected chi connectivity index (χ1v) is 11.5. The number of primary sulfonamides is 1. The lowest BCUT2D eigenvalue weighted by Gasteiger charge is -2.06. The Balaban J connectivity index is 1.87. The average Bonchev–Trinajstić information content (AvgIpc) is 3.13. The SMILES string of the molecule is NS(=O)(=O)c1ccccc1-c1oc(Cc2ccc(I)cc2)nc1-c1ccccc1. The number of nitrogens with zero attached hydrogens (tertiary/aromatic N) is 1. The number of oxazole rings is 1. The molecule has 0 saturated heterocycles. The molecule has 4 rings (SSSR count). The zero-order valence-corrected chi connectivity index (χ0v) is 18.2. The van der Waals surface area contributed by atoms with Gasteiger partial charge in [-0.15, -0.1) is 0 Å². The lowest BCUT2D eigenvalue weighted by atomic mass is 10.1. The number of halogens is 1. The molecule has 146 valence electrons. The molecule has 29 heavy (non-hydrogen) atoms. The van der Waals surface area contributed by atoms with E-state index in [-0.39, 0.29) is 4.90 Å². The fourth-order valence-electron chi connectivity index (χ4n) is 3.09. The molecule has 0 atom stereocenters. The van der Waals surface area contributed by atoms with Gasteiger partial charge in [-0.1, -0.05) is 54.6 Å². The molecule has 0 aliphatic rings. The van der Waals surface area contributed by atoms with Crippen LogP contribution < -0.4 is 5.14 Å². The van der Waals surface area contributed by atoms with Crippen molar-refractivity contribution in [2.75, 3.05) is 0 Å². The van der Waals surface area contributed by atoms with Crippen molar-refractivity contribution in [3.05, 3.63) is 93.9 Å². The summed E-state index contributed by atoms with van der Waals surface area (Å²) in [7, 11) is -3.92. The fourth-order valence-corrected chi connectivity index (χ4v) is 4.19. The van der Waals surface area contributed by atoms with E-state index in [0.717, 1.165) is 14.7 Å². The molecule has 0 bridgehead atoms. The summed E-state index contributed by atoms with van der Waals surface area (Å²) in [5, 5.41) is 5.44. The molecule has 7 heteroatoms. The van der Waals surface area contributed by atoms with Crippen molar-refractivity contribution < 1.29 is 12.8 Å². The van der Waals surface area contributed by atoms with Crippen LogP contribution in [0.25, 0.3) is 22.6 Å². The van der Waals surface area contributed by atoms with Crippen molar-refractivity contribution in [2.45, 2.75) is 11.3 Å². The normalized spacial score (nSPS) is 11.5. The van der Waals surface area contributed by atoms with E-state index in [1.54, 1.807) is 18.2 Å². The maximum absolute atomic E-state index is 12.1.